The number of likely N-dealkylation sites (N-methyl/N-ethyl adjacent to an activating group) is 1. The van der Waals surface area contributed by atoms with Crippen molar-refractivity contribution in [2.75, 3.05) is 32.5 Å². The molecule has 3 aromatic rings. The van der Waals surface area contributed by atoms with Crippen LogP contribution in [0.2, 0.25) is 0 Å². The molecule has 9 nitrogen and oxygen atoms in total. The Hall–Kier alpha value is -4.31. The van der Waals surface area contributed by atoms with Gasteiger partial charge in [0.05, 0.1) is 5.69 Å². The predicted octanol–water partition coefficient (Wildman–Crippen LogP) is 3.11. The molecule has 1 aliphatic rings. The van der Waals surface area contributed by atoms with Gasteiger partial charge in [-0.25, -0.2) is 4.39 Å². The molecular weight excluding hydrogens is 499 g/mol. The number of hydrogen-bond acceptors (Lipinski definition) is 5. The summed E-state index contributed by atoms with van der Waals surface area (Å²) in [5.41, 5.74) is 4.81. The molecule has 0 bridgehead atoms. The lowest BCUT2D eigenvalue weighted by molar-refractivity contribution is -0.122. The average molecular weight is 533 g/mol. The summed E-state index contributed by atoms with van der Waals surface area (Å²) in [7, 11) is 3.89. The second kappa shape index (κ2) is 12.0. The molecule has 1 aromatic heterocycles. The van der Waals surface area contributed by atoms with E-state index in [2.05, 4.69) is 21.0 Å². The van der Waals surface area contributed by atoms with Gasteiger partial charge in [-0.05, 0) is 63.3 Å². The van der Waals surface area contributed by atoms with E-state index in [-0.39, 0.29) is 36.5 Å². The Morgan fingerprint density at radius 1 is 1.13 bits per heavy atom. The lowest BCUT2D eigenvalue weighted by Crippen LogP contribution is -2.34. The molecule has 0 saturated heterocycles. The van der Waals surface area contributed by atoms with Crippen molar-refractivity contribution in [1.82, 2.24) is 25.3 Å². The summed E-state index contributed by atoms with van der Waals surface area (Å²) in [6.07, 6.45) is 1.51. The number of benzene rings is 2. The van der Waals surface area contributed by atoms with E-state index in [9.17, 15) is 18.8 Å². The molecule has 2 aromatic carbocycles. The third-order valence-electron chi connectivity index (χ3n) is 6.63. The summed E-state index contributed by atoms with van der Waals surface area (Å²) in [6.45, 7) is 5.19. The fourth-order valence-corrected chi connectivity index (χ4v) is 4.36. The Kier molecular flexibility index (Phi) is 8.55. The molecule has 3 amide bonds. The summed E-state index contributed by atoms with van der Waals surface area (Å²) >= 11 is 0. The van der Waals surface area contributed by atoms with E-state index in [4.69, 9.17) is 0 Å². The van der Waals surface area contributed by atoms with Gasteiger partial charge >= 0.3 is 0 Å². The van der Waals surface area contributed by atoms with E-state index >= 15 is 0 Å². The molecule has 0 spiro atoms. The Bertz CT molecular complexity index is 1410. The first kappa shape index (κ1) is 27.7. The minimum absolute atomic E-state index is 0.0866. The molecule has 0 radical (unpaired) electrons. The fraction of sp³-hybridized carbons (Fsp3) is 0.310. The van der Waals surface area contributed by atoms with Gasteiger partial charge in [0.15, 0.2) is 0 Å². The zero-order valence-electron chi connectivity index (χ0n) is 22.5. The van der Waals surface area contributed by atoms with Crippen LogP contribution in [0.25, 0.3) is 11.3 Å². The van der Waals surface area contributed by atoms with Gasteiger partial charge in [0.2, 0.25) is 11.8 Å². The van der Waals surface area contributed by atoms with Gasteiger partial charge in [-0.2, -0.15) is 5.10 Å². The van der Waals surface area contributed by atoms with Crippen LogP contribution in [0.1, 0.15) is 29.2 Å². The van der Waals surface area contributed by atoms with Crippen molar-refractivity contribution in [2.24, 2.45) is 0 Å². The number of hydrogen-bond donors (Lipinski definition) is 3. The molecule has 39 heavy (non-hydrogen) atoms. The van der Waals surface area contributed by atoms with E-state index in [1.54, 1.807) is 16.8 Å². The highest BCUT2D eigenvalue weighted by molar-refractivity contribution is 6.07. The molecule has 10 heteroatoms. The maximum absolute atomic E-state index is 13.5. The van der Waals surface area contributed by atoms with Gasteiger partial charge in [0.1, 0.15) is 12.4 Å². The molecule has 1 aliphatic heterocycles. The molecule has 3 N–H and O–H groups in total. The Morgan fingerprint density at radius 2 is 1.87 bits per heavy atom. The number of carbonyl (C=O) groups is 3. The topological polar surface area (TPSA) is 108 Å². The van der Waals surface area contributed by atoms with Gasteiger partial charge < -0.3 is 20.9 Å². The van der Waals surface area contributed by atoms with Gasteiger partial charge in [-0.3, -0.25) is 19.1 Å². The summed E-state index contributed by atoms with van der Waals surface area (Å²) in [4.78, 5) is 39.8. The third-order valence-corrected chi connectivity index (χ3v) is 6.63. The number of anilines is 1. The second-order valence-electron chi connectivity index (χ2n) is 9.94. The highest BCUT2D eigenvalue weighted by atomic mass is 19.1. The lowest BCUT2D eigenvalue weighted by Gasteiger charge is -2.24. The van der Waals surface area contributed by atoms with Gasteiger partial charge in [-0.1, -0.05) is 24.3 Å². The average Bonchev–Trinajstić information content (AvgIpc) is 3.25. The van der Waals surface area contributed by atoms with Crippen LogP contribution in [-0.4, -0.2) is 59.6 Å². The van der Waals surface area contributed by atoms with Crippen LogP contribution in [0.4, 0.5) is 10.1 Å². The van der Waals surface area contributed by atoms with Gasteiger partial charge in [-0.15, -0.1) is 0 Å². The summed E-state index contributed by atoms with van der Waals surface area (Å²) in [5, 5.41) is 13.1. The summed E-state index contributed by atoms with van der Waals surface area (Å²) < 4.78 is 15.1. The van der Waals surface area contributed by atoms with Crippen molar-refractivity contribution in [3.63, 3.8) is 0 Å². The van der Waals surface area contributed by atoms with Crippen LogP contribution in [0.15, 0.2) is 60.3 Å². The van der Waals surface area contributed by atoms with Crippen LogP contribution in [-0.2, 0) is 20.9 Å². The van der Waals surface area contributed by atoms with Crippen molar-refractivity contribution in [3.05, 3.63) is 82.9 Å². The summed E-state index contributed by atoms with van der Waals surface area (Å²) in [6, 6.07) is 13.4. The normalized spacial score (nSPS) is 15.1. The van der Waals surface area contributed by atoms with E-state index in [0.29, 0.717) is 29.1 Å². The van der Waals surface area contributed by atoms with E-state index in [1.165, 1.54) is 18.3 Å². The molecule has 0 fully saturated rings. The maximum atomic E-state index is 13.5. The molecule has 0 saturated carbocycles. The number of aromatic nitrogens is 2. The largest absolute Gasteiger partial charge is 0.353 e. The van der Waals surface area contributed by atoms with Crippen molar-refractivity contribution >= 4 is 23.4 Å². The minimum atomic E-state index is -0.495. The first-order chi connectivity index (χ1) is 18.6. The highest BCUT2D eigenvalue weighted by Crippen LogP contribution is 2.32. The SMILES string of the molecule is Cc1ccc(-c2cc(C)n(CC(=O)NCCN(C)C)n2)cc1NC(=O)C1=CNC(=O)CC1c1ccc(F)cc1. The van der Waals surface area contributed by atoms with Crippen LogP contribution >= 0.6 is 0 Å². The molecular formula is C29H33FN6O3. The first-order valence-corrected chi connectivity index (χ1v) is 12.7. The van der Waals surface area contributed by atoms with Crippen molar-refractivity contribution < 1.29 is 18.8 Å². The number of nitrogens with zero attached hydrogens (tertiary/aromatic N) is 3. The van der Waals surface area contributed by atoms with E-state index < -0.39 is 5.92 Å². The fourth-order valence-electron chi connectivity index (χ4n) is 4.36. The van der Waals surface area contributed by atoms with Gasteiger partial charge in [0, 0.05) is 54.1 Å². The number of amides is 3. The molecule has 0 aliphatic carbocycles. The first-order valence-electron chi connectivity index (χ1n) is 12.7. The predicted molar refractivity (Wildman–Crippen MR) is 147 cm³/mol. The smallest absolute Gasteiger partial charge is 0.253 e. The van der Waals surface area contributed by atoms with Crippen molar-refractivity contribution in [1.29, 1.82) is 0 Å². The monoisotopic (exact) mass is 532 g/mol. The number of rotatable bonds is 9. The summed E-state index contributed by atoms with van der Waals surface area (Å²) in [5.74, 6) is -1.57. The second-order valence-corrected chi connectivity index (χ2v) is 9.94. The Morgan fingerprint density at radius 3 is 2.59 bits per heavy atom. The lowest BCUT2D eigenvalue weighted by atomic mass is 9.86. The molecule has 1 atom stereocenters. The zero-order chi connectivity index (χ0) is 28.1. The Balaban J connectivity index is 1.51. The molecule has 204 valence electrons. The number of nitrogens with one attached hydrogen (secondary N) is 3. The Labute approximate surface area is 227 Å². The number of carbonyl (C=O) groups excluding carboxylic acids is 3. The number of aryl methyl sites for hydroxylation is 2. The van der Waals surface area contributed by atoms with E-state index in [1.807, 2.05) is 57.1 Å². The zero-order valence-corrected chi connectivity index (χ0v) is 22.5. The van der Waals surface area contributed by atoms with E-state index in [0.717, 1.165) is 23.4 Å². The van der Waals surface area contributed by atoms with Gasteiger partial charge in [0.25, 0.3) is 5.91 Å². The van der Waals surface area contributed by atoms with Crippen LogP contribution in [0, 0.1) is 19.7 Å². The van der Waals surface area contributed by atoms with Crippen molar-refractivity contribution in [3.8, 4) is 11.3 Å². The third kappa shape index (κ3) is 6.97. The quantitative estimate of drug-likeness (QED) is 0.393. The standard InChI is InChI=1S/C29H33FN6O3/c1-18-5-6-21(26-13-19(2)36(34-26)17-28(38)31-11-12-35(3)4)14-25(18)33-29(39)24-16-32-27(37)15-23(24)20-7-9-22(30)10-8-20/h5-10,13-14,16,23H,11-12,15,17H2,1-4H3,(H,31,38)(H,32,37)(H,33,39). The van der Waals surface area contributed by atoms with Crippen LogP contribution in [0.5, 0.6) is 0 Å². The number of halogens is 1. The van der Waals surface area contributed by atoms with Crippen LogP contribution in [0.3, 0.4) is 0 Å². The highest BCUT2D eigenvalue weighted by Gasteiger charge is 2.29. The minimum Gasteiger partial charge on any atom is -0.353 e. The molecule has 2 heterocycles. The van der Waals surface area contributed by atoms with Crippen molar-refractivity contribution in [2.45, 2.75) is 32.7 Å². The molecule has 1 unspecified atom stereocenters. The van der Waals surface area contributed by atoms with Crippen LogP contribution < -0.4 is 16.0 Å². The molecule has 4 rings (SSSR count). The maximum Gasteiger partial charge on any atom is 0.253 e.